The predicted octanol–water partition coefficient (Wildman–Crippen LogP) is 2.04. The van der Waals surface area contributed by atoms with Gasteiger partial charge in [0, 0.05) is 13.1 Å². The van der Waals surface area contributed by atoms with E-state index in [1.807, 2.05) is 0 Å². The first-order chi connectivity index (χ1) is 10.0. The number of benzene rings is 1. The van der Waals surface area contributed by atoms with E-state index in [0.717, 1.165) is 18.4 Å². The van der Waals surface area contributed by atoms with E-state index in [0.29, 0.717) is 19.3 Å². The van der Waals surface area contributed by atoms with Crippen molar-refractivity contribution in [3.05, 3.63) is 34.9 Å². The molecule has 1 amide bonds. The number of likely N-dealkylation sites (N-methyl/N-ethyl adjacent to an activating group) is 1. The molecule has 0 bridgehead atoms. The minimum Gasteiger partial charge on any atom is -0.481 e. The van der Waals surface area contributed by atoms with Crippen LogP contribution in [-0.2, 0) is 28.9 Å². The second kappa shape index (κ2) is 5.51. The Morgan fingerprint density at radius 1 is 1.24 bits per heavy atom. The number of amides is 1. The fraction of sp³-hybridized carbons (Fsp3) is 0.529. The van der Waals surface area contributed by atoms with E-state index >= 15 is 0 Å². The lowest BCUT2D eigenvalue weighted by molar-refractivity contribution is -0.149. The number of carbonyl (C=O) groups is 2. The van der Waals surface area contributed by atoms with Gasteiger partial charge in [0.2, 0.25) is 5.91 Å². The fourth-order valence-corrected chi connectivity index (χ4v) is 3.34. The molecule has 0 aromatic heterocycles. The molecule has 1 aromatic carbocycles. The molecule has 112 valence electrons. The van der Waals surface area contributed by atoms with Gasteiger partial charge in [0.25, 0.3) is 0 Å². The molecule has 4 nitrogen and oxygen atoms in total. The zero-order chi connectivity index (χ0) is 15.0. The minimum atomic E-state index is -0.745. The molecule has 4 heteroatoms. The SMILES string of the molecule is CN(C(=O)Cc1ccc2c(c1)CCC2)C1CC(C(=O)O)C1. The molecule has 2 aliphatic rings. The van der Waals surface area contributed by atoms with Gasteiger partial charge in [0.05, 0.1) is 12.3 Å². The number of hydrogen-bond donors (Lipinski definition) is 1. The molecule has 0 aliphatic heterocycles. The van der Waals surface area contributed by atoms with Crippen molar-refractivity contribution >= 4 is 11.9 Å². The van der Waals surface area contributed by atoms with Crippen LogP contribution in [0.15, 0.2) is 18.2 Å². The smallest absolute Gasteiger partial charge is 0.306 e. The van der Waals surface area contributed by atoms with E-state index in [1.165, 1.54) is 17.5 Å². The quantitative estimate of drug-likeness (QED) is 0.922. The van der Waals surface area contributed by atoms with E-state index in [4.69, 9.17) is 5.11 Å². The molecule has 0 spiro atoms. The monoisotopic (exact) mass is 287 g/mol. The van der Waals surface area contributed by atoms with E-state index in [9.17, 15) is 9.59 Å². The summed E-state index contributed by atoms with van der Waals surface area (Å²) in [6, 6.07) is 6.45. The van der Waals surface area contributed by atoms with Gasteiger partial charge in [-0.1, -0.05) is 18.2 Å². The number of carbonyl (C=O) groups excluding carboxylic acids is 1. The number of fused-ring (bicyclic) bond motifs is 1. The first kappa shape index (κ1) is 14.1. The Labute approximate surface area is 124 Å². The van der Waals surface area contributed by atoms with Crippen LogP contribution in [0.4, 0.5) is 0 Å². The van der Waals surface area contributed by atoms with E-state index in [-0.39, 0.29) is 17.9 Å². The highest BCUT2D eigenvalue weighted by Crippen LogP contribution is 2.31. The van der Waals surface area contributed by atoms with Gasteiger partial charge in [-0.2, -0.15) is 0 Å². The van der Waals surface area contributed by atoms with Gasteiger partial charge in [0.1, 0.15) is 0 Å². The van der Waals surface area contributed by atoms with Crippen molar-refractivity contribution in [1.29, 1.82) is 0 Å². The van der Waals surface area contributed by atoms with Gasteiger partial charge >= 0.3 is 5.97 Å². The van der Waals surface area contributed by atoms with Gasteiger partial charge in [-0.15, -0.1) is 0 Å². The van der Waals surface area contributed by atoms with Crippen molar-refractivity contribution in [3.8, 4) is 0 Å². The van der Waals surface area contributed by atoms with E-state index in [2.05, 4.69) is 18.2 Å². The van der Waals surface area contributed by atoms with E-state index < -0.39 is 5.97 Å². The predicted molar refractivity (Wildman–Crippen MR) is 79.1 cm³/mol. The Hall–Kier alpha value is -1.84. The van der Waals surface area contributed by atoms with Crippen LogP contribution in [0.1, 0.15) is 36.0 Å². The van der Waals surface area contributed by atoms with Crippen LogP contribution in [0.25, 0.3) is 0 Å². The molecule has 0 saturated heterocycles. The standard InChI is InChI=1S/C17H21NO3/c1-18(15-9-14(10-15)17(20)21)16(19)8-11-5-6-12-3-2-4-13(12)7-11/h5-7,14-15H,2-4,8-10H2,1H3,(H,20,21). The second-order valence-corrected chi connectivity index (χ2v) is 6.30. The molecule has 3 rings (SSSR count). The molecule has 1 N–H and O–H groups in total. The van der Waals surface area contributed by atoms with Crippen molar-refractivity contribution in [2.24, 2.45) is 5.92 Å². The van der Waals surface area contributed by atoms with Crippen LogP contribution in [0.5, 0.6) is 0 Å². The molecule has 0 radical (unpaired) electrons. The highest BCUT2D eigenvalue weighted by atomic mass is 16.4. The molecular weight excluding hydrogens is 266 g/mol. The average molecular weight is 287 g/mol. The van der Waals surface area contributed by atoms with Crippen molar-refractivity contribution < 1.29 is 14.7 Å². The Morgan fingerprint density at radius 3 is 2.67 bits per heavy atom. The van der Waals surface area contributed by atoms with Crippen LogP contribution in [0.2, 0.25) is 0 Å². The summed E-state index contributed by atoms with van der Waals surface area (Å²) in [4.78, 5) is 24.8. The lowest BCUT2D eigenvalue weighted by atomic mass is 9.79. The third kappa shape index (κ3) is 2.80. The van der Waals surface area contributed by atoms with Gasteiger partial charge in [0.15, 0.2) is 0 Å². The highest BCUT2D eigenvalue weighted by Gasteiger charge is 2.38. The number of rotatable bonds is 4. The molecule has 0 heterocycles. The molecule has 1 fully saturated rings. The van der Waals surface area contributed by atoms with Crippen LogP contribution >= 0.6 is 0 Å². The Balaban J connectivity index is 1.58. The maximum atomic E-state index is 12.3. The van der Waals surface area contributed by atoms with Crippen molar-refractivity contribution in [3.63, 3.8) is 0 Å². The van der Waals surface area contributed by atoms with Crippen LogP contribution in [-0.4, -0.2) is 35.0 Å². The summed E-state index contributed by atoms with van der Waals surface area (Å²) < 4.78 is 0. The number of aliphatic carboxylic acids is 1. The first-order valence-electron chi connectivity index (χ1n) is 7.63. The highest BCUT2D eigenvalue weighted by molar-refractivity contribution is 5.79. The molecule has 0 atom stereocenters. The summed E-state index contributed by atoms with van der Waals surface area (Å²) in [6.07, 6.45) is 5.07. The number of nitrogens with zero attached hydrogens (tertiary/aromatic N) is 1. The van der Waals surface area contributed by atoms with Crippen LogP contribution in [0, 0.1) is 5.92 Å². The summed E-state index contributed by atoms with van der Waals surface area (Å²) in [6.45, 7) is 0. The number of carboxylic acid groups (broad SMARTS) is 1. The molecule has 0 unspecified atom stereocenters. The fourth-order valence-electron chi connectivity index (χ4n) is 3.34. The summed E-state index contributed by atoms with van der Waals surface area (Å²) in [5.41, 5.74) is 3.88. The van der Waals surface area contributed by atoms with Crippen molar-refractivity contribution in [1.82, 2.24) is 4.90 Å². The van der Waals surface area contributed by atoms with Gasteiger partial charge in [-0.05, 0) is 48.8 Å². The Morgan fingerprint density at radius 2 is 1.95 bits per heavy atom. The van der Waals surface area contributed by atoms with Crippen LogP contribution < -0.4 is 0 Å². The van der Waals surface area contributed by atoms with Gasteiger partial charge < -0.3 is 10.0 Å². The number of aryl methyl sites for hydroxylation is 2. The number of hydrogen-bond acceptors (Lipinski definition) is 2. The summed E-state index contributed by atoms with van der Waals surface area (Å²) in [5.74, 6) is -0.933. The molecular formula is C17H21NO3. The summed E-state index contributed by atoms with van der Waals surface area (Å²) >= 11 is 0. The third-order valence-corrected chi connectivity index (χ3v) is 4.92. The zero-order valence-electron chi connectivity index (χ0n) is 12.3. The molecule has 1 saturated carbocycles. The lowest BCUT2D eigenvalue weighted by Crippen LogP contribution is -2.48. The Kier molecular flexibility index (Phi) is 3.70. The van der Waals surface area contributed by atoms with E-state index in [1.54, 1.807) is 11.9 Å². The molecule has 21 heavy (non-hydrogen) atoms. The van der Waals surface area contributed by atoms with Gasteiger partial charge in [-0.3, -0.25) is 9.59 Å². The minimum absolute atomic E-state index is 0.0850. The van der Waals surface area contributed by atoms with Crippen molar-refractivity contribution in [2.45, 2.75) is 44.6 Å². The third-order valence-electron chi connectivity index (χ3n) is 4.92. The summed E-state index contributed by atoms with van der Waals surface area (Å²) in [5, 5.41) is 8.89. The summed E-state index contributed by atoms with van der Waals surface area (Å²) in [7, 11) is 1.79. The van der Waals surface area contributed by atoms with Crippen LogP contribution in [0.3, 0.4) is 0 Å². The number of carboxylic acids is 1. The van der Waals surface area contributed by atoms with Gasteiger partial charge in [-0.25, -0.2) is 0 Å². The topological polar surface area (TPSA) is 57.6 Å². The average Bonchev–Trinajstić information content (AvgIpc) is 2.83. The zero-order valence-corrected chi connectivity index (χ0v) is 12.3. The molecule has 1 aromatic rings. The maximum absolute atomic E-state index is 12.3. The second-order valence-electron chi connectivity index (χ2n) is 6.30. The normalized spacial score (nSPS) is 23.3. The Bertz CT molecular complexity index is 575. The first-order valence-corrected chi connectivity index (χ1v) is 7.63. The molecule has 2 aliphatic carbocycles. The maximum Gasteiger partial charge on any atom is 0.306 e. The lowest BCUT2D eigenvalue weighted by Gasteiger charge is -2.39. The van der Waals surface area contributed by atoms with Crippen molar-refractivity contribution in [2.75, 3.05) is 7.05 Å². The largest absolute Gasteiger partial charge is 0.481 e.